The average Bonchev–Trinajstić information content (AvgIpc) is 3.22. The van der Waals surface area contributed by atoms with Gasteiger partial charge in [-0.2, -0.15) is 0 Å². The lowest BCUT2D eigenvalue weighted by molar-refractivity contribution is -0.131. The van der Waals surface area contributed by atoms with Gasteiger partial charge in [-0.3, -0.25) is 10.1 Å². The summed E-state index contributed by atoms with van der Waals surface area (Å²) in [7, 11) is 0. The Kier molecular flexibility index (Phi) is 3.74. The summed E-state index contributed by atoms with van der Waals surface area (Å²) >= 11 is 0. The lowest BCUT2D eigenvalue weighted by Crippen LogP contribution is -2.35. The lowest BCUT2D eigenvalue weighted by atomic mass is 10.0. The highest BCUT2D eigenvalue weighted by Gasteiger charge is 2.59. The molecule has 1 saturated carbocycles. The Hall–Kier alpha value is -1.42. The van der Waals surface area contributed by atoms with Gasteiger partial charge in [0.2, 0.25) is 5.91 Å². The summed E-state index contributed by atoms with van der Waals surface area (Å²) in [4.78, 5) is 14.6. The van der Waals surface area contributed by atoms with Crippen molar-refractivity contribution in [3.05, 3.63) is 35.6 Å². The van der Waals surface area contributed by atoms with Gasteiger partial charge in [0.15, 0.2) is 0 Å². The zero-order valence-electron chi connectivity index (χ0n) is 12.7. The fourth-order valence-corrected chi connectivity index (χ4v) is 3.23. The number of carbonyl (C=O) groups is 1. The molecule has 1 heterocycles. The smallest absolute Gasteiger partial charge is 0.244 e. The van der Waals surface area contributed by atoms with E-state index >= 15 is 0 Å². The Bertz CT molecular complexity index is 537. The molecule has 3 nitrogen and oxygen atoms in total. The first-order chi connectivity index (χ1) is 10.1. The second-order valence-corrected chi connectivity index (χ2v) is 6.29. The second-order valence-electron chi connectivity index (χ2n) is 6.29. The van der Waals surface area contributed by atoms with Crippen LogP contribution in [0.4, 0.5) is 4.39 Å². The molecule has 1 aromatic carbocycles. The van der Waals surface area contributed by atoms with Crippen LogP contribution in [-0.4, -0.2) is 22.9 Å². The van der Waals surface area contributed by atoms with E-state index in [0.29, 0.717) is 18.0 Å². The zero-order chi connectivity index (χ0) is 15.0. The van der Waals surface area contributed by atoms with E-state index in [0.717, 1.165) is 25.7 Å². The molecule has 1 atom stereocenters. The SMILES string of the molecule is CCC(CC)CN1C(=O)C2(CC2)NC1c1ccccc1F. The van der Waals surface area contributed by atoms with Gasteiger partial charge in [-0.25, -0.2) is 4.39 Å². The molecule has 1 unspecified atom stereocenters. The van der Waals surface area contributed by atoms with Crippen molar-refractivity contribution in [2.45, 2.75) is 51.2 Å². The molecular weight excluding hydrogens is 267 g/mol. The topological polar surface area (TPSA) is 32.3 Å². The molecule has 114 valence electrons. The van der Waals surface area contributed by atoms with Crippen LogP contribution in [0.1, 0.15) is 51.3 Å². The summed E-state index contributed by atoms with van der Waals surface area (Å²) in [5, 5.41) is 3.39. The van der Waals surface area contributed by atoms with E-state index in [9.17, 15) is 9.18 Å². The molecule has 0 aromatic heterocycles. The largest absolute Gasteiger partial charge is 0.321 e. The highest BCUT2D eigenvalue weighted by molar-refractivity contribution is 5.92. The number of benzene rings is 1. The molecule has 0 bridgehead atoms. The molecule has 1 saturated heterocycles. The Morgan fingerprint density at radius 2 is 2.00 bits per heavy atom. The Morgan fingerprint density at radius 1 is 1.33 bits per heavy atom. The summed E-state index contributed by atoms with van der Waals surface area (Å²) in [5.41, 5.74) is 0.180. The van der Waals surface area contributed by atoms with Gasteiger partial charge in [-0.1, -0.05) is 44.9 Å². The Balaban J connectivity index is 1.90. The third-order valence-electron chi connectivity index (χ3n) is 4.95. The van der Waals surface area contributed by atoms with E-state index in [4.69, 9.17) is 0 Å². The summed E-state index contributed by atoms with van der Waals surface area (Å²) < 4.78 is 14.1. The quantitative estimate of drug-likeness (QED) is 0.903. The van der Waals surface area contributed by atoms with Crippen molar-refractivity contribution in [3.63, 3.8) is 0 Å². The van der Waals surface area contributed by atoms with E-state index in [1.807, 2.05) is 11.0 Å². The summed E-state index contributed by atoms with van der Waals surface area (Å²) in [6.45, 7) is 5.00. The third-order valence-corrected chi connectivity index (χ3v) is 4.95. The molecular formula is C17H23FN2O. The summed E-state index contributed by atoms with van der Waals surface area (Å²) in [5.74, 6) is 0.386. The van der Waals surface area contributed by atoms with Gasteiger partial charge in [-0.05, 0) is 24.8 Å². The number of hydrogen-bond donors (Lipinski definition) is 1. The van der Waals surface area contributed by atoms with Crippen LogP contribution >= 0.6 is 0 Å². The molecule has 1 N–H and O–H groups in total. The second kappa shape index (κ2) is 5.41. The van der Waals surface area contributed by atoms with Crippen molar-refractivity contribution in [2.24, 2.45) is 5.92 Å². The highest BCUT2D eigenvalue weighted by Crippen LogP contribution is 2.46. The van der Waals surface area contributed by atoms with E-state index in [2.05, 4.69) is 19.2 Å². The van der Waals surface area contributed by atoms with Gasteiger partial charge in [0, 0.05) is 12.1 Å². The van der Waals surface area contributed by atoms with Crippen molar-refractivity contribution in [3.8, 4) is 0 Å². The zero-order valence-corrected chi connectivity index (χ0v) is 12.7. The van der Waals surface area contributed by atoms with Gasteiger partial charge in [0.05, 0.1) is 0 Å². The molecule has 2 aliphatic rings. The maximum Gasteiger partial charge on any atom is 0.244 e. The van der Waals surface area contributed by atoms with E-state index in [1.165, 1.54) is 6.07 Å². The van der Waals surface area contributed by atoms with Crippen LogP contribution in [0.15, 0.2) is 24.3 Å². The van der Waals surface area contributed by atoms with Crippen molar-refractivity contribution in [1.29, 1.82) is 0 Å². The van der Waals surface area contributed by atoms with Gasteiger partial charge < -0.3 is 4.90 Å². The normalized spacial score (nSPS) is 23.3. The van der Waals surface area contributed by atoms with Crippen LogP contribution in [0, 0.1) is 11.7 Å². The lowest BCUT2D eigenvalue weighted by Gasteiger charge is -2.28. The van der Waals surface area contributed by atoms with Gasteiger partial charge in [0.25, 0.3) is 0 Å². The first-order valence-corrected chi connectivity index (χ1v) is 7.94. The van der Waals surface area contributed by atoms with Gasteiger partial charge >= 0.3 is 0 Å². The van der Waals surface area contributed by atoms with Crippen LogP contribution in [0.5, 0.6) is 0 Å². The molecule has 4 heteroatoms. The number of halogens is 1. The standard InChI is InChI=1S/C17H23FN2O/c1-3-12(4-2)11-20-15(13-7-5-6-8-14(13)18)19-17(9-10-17)16(20)21/h5-8,12,15,19H,3-4,9-11H2,1-2H3. The van der Waals surface area contributed by atoms with Gasteiger partial charge in [-0.15, -0.1) is 0 Å². The number of hydrogen-bond acceptors (Lipinski definition) is 2. The molecule has 0 radical (unpaired) electrons. The maximum atomic E-state index is 14.1. The van der Waals surface area contributed by atoms with E-state index < -0.39 is 5.54 Å². The summed E-state index contributed by atoms with van der Waals surface area (Å²) in [6, 6.07) is 6.77. The fraction of sp³-hybridized carbons (Fsp3) is 0.588. The number of nitrogens with one attached hydrogen (secondary N) is 1. The molecule has 2 fully saturated rings. The number of amides is 1. The predicted molar refractivity (Wildman–Crippen MR) is 80.0 cm³/mol. The molecule has 1 aliphatic carbocycles. The number of nitrogens with zero attached hydrogens (tertiary/aromatic N) is 1. The van der Waals surface area contributed by atoms with E-state index in [-0.39, 0.29) is 17.9 Å². The molecule has 1 amide bonds. The minimum Gasteiger partial charge on any atom is -0.321 e. The first-order valence-electron chi connectivity index (χ1n) is 7.94. The monoisotopic (exact) mass is 290 g/mol. The van der Waals surface area contributed by atoms with Crippen molar-refractivity contribution < 1.29 is 9.18 Å². The van der Waals surface area contributed by atoms with Crippen LogP contribution in [-0.2, 0) is 4.79 Å². The minimum absolute atomic E-state index is 0.155. The minimum atomic E-state index is -0.404. The number of rotatable bonds is 5. The van der Waals surface area contributed by atoms with Crippen LogP contribution in [0.2, 0.25) is 0 Å². The average molecular weight is 290 g/mol. The molecule has 1 aromatic rings. The van der Waals surface area contributed by atoms with Crippen LogP contribution < -0.4 is 5.32 Å². The molecule has 1 aliphatic heterocycles. The predicted octanol–water partition coefficient (Wildman–Crippen LogP) is 3.22. The van der Waals surface area contributed by atoms with E-state index in [1.54, 1.807) is 12.1 Å². The third kappa shape index (κ3) is 2.46. The molecule has 1 spiro atoms. The van der Waals surface area contributed by atoms with Crippen molar-refractivity contribution in [1.82, 2.24) is 10.2 Å². The van der Waals surface area contributed by atoms with Crippen LogP contribution in [0.3, 0.4) is 0 Å². The Labute approximate surface area is 125 Å². The van der Waals surface area contributed by atoms with Crippen molar-refractivity contribution in [2.75, 3.05) is 6.54 Å². The summed E-state index contributed by atoms with van der Waals surface area (Å²) in [6.07, 6.45) is 3.50. The van der Waals surface area contributed by atoms with Crippen molar-refractivity contribution >= 4 is 5.91 Å². The Morgan fingerprint density at radius 3 is 2.57 bits per heavy atom. The van der Waals surface area contributed by atoms with Gasteiger partial charge in [0.1, 0.15) is 17.5 Å². The highest BCUT2D eigenvalue weighted by atomic mass is 19.1. The maximum absolute atomic E-state index is 14.1. The molecule has 21 heavy (non-hydrogen) atoms. The first kappa shape index (κ1) is 14.5. The fourth-order valence-electron chi connectivity index (χ4n) is 3.23. The van der Waals surface area contributed by atoms with Crippen LogP contribution in [0.25, 0.3) is 0 Å². The molecule has 3 rings (SSSR count). The number of carbonyl (C=O) groups excluding carboxylic acids is 1.